The van der Waals surface area contributed by atoms with Crippen LogP contribution in [-0.2, 0) is 12.5 Å². The predicted molar refractivity (Wildman–Crippen MR) is 247 cm³/mol. The number of fused-ring (bicyclic) bond motifs is 5. The van der Waals surface area contributed by atoms with Crippen molar-refractivity contribution in [3.63, 3.8) is 0 Å². The molecule has 0 aliphatic carbocycles. The summed E-state index contributed by atoms with van der Waals surface area (Å²) in [7, 11) is 1.75. The molecule has 294 valence electrons. The topological polar surface area (TPSA) is 53.6 Å². The Labute approximate surface area is 367 Å². The monoisotopic (exact) mass is 800 g/mol. The molecule has 0 saturated carbocycles. The SMILES string of the molecule is [2H]c1c([2H])c([2H])c(-c2cccc(-c3c([2H])c([2H])c([2H])c([2H])c3[2H])c2-[n+]2[c-]n(-c3cccc(-n4c(=O)n(C)c5cc6c7ccccc7n(-c7cc(C(C)(C)C)ccn7)c6cc54)c3)c3ccccc32)c([2H])c1[2H]. The maximum Gasteiger partial charge on any atom is 0.333 e. The van der Waals surface area contributed by atoms with E-state index in [-0.39, 0.29) is 39.0 Å². The number of pyridine rings is 1. The second-order valence-electron chi connectivity index (χ2n) is 16.0. The van der Waals surface area contributed by atoms with Crippen LogP contribution in [0.2, 0.25) is 0 Å². The van der Waals surface area contributed by atoms with E-state index in [0.717, 1.165) is 33.2 Å². The molecule has 0 amide bonds. The van der Waals surface area contributed by atoms with Crippen molar-refractivity contribution in [3.05, 3.63) is 204 Å². The van der Waals surface area contributed by atoms with Gasteiger partial charge in [-0.3, -0.25) is 22.8 Å². The molecule has 0 unspecified atom stereocenters. The first-order chi connectivity index (χ1) is 33.9. The van der Waals surface area contributed by atoms with E-state index in [1.54, 1.807) is 49.6 Å². The molecule has 4 aromatic heterocycles. The largest absolute Gasteiger partial charge is 0.333 e. The number of rotatable bonds is 6. The molecule has 7 nitrogen and oxygen atoms in total. The lowest BCUT2D eigenvalue weighted by molar-refractivity contribution is -0.571. The Bertz CT molecular complexity index is 4020. The van der Waals surface area contributed by atoms with Gasteiger partial charge in [-0.15, -0.1) is 0 Å². The molecular formula is C54H42N6O. The molecular weight excluding hydrogens is 749 g/mol. The maximum absolute atomic E-state index is 14.6. The summed E-state index contributed by atoms with van der Waals surface area (Å²) in [5, 5.41) is 1.98. The second-order valence-corrected chi connectivity index (χ2v) is 16.0. The van der Waals surface area contributed by atoms with Crippen molar-refractivity contribution in [1.82, 2.24) is 23.3 Å². The van der Waals surface area contributed by atoms with E-state index in [9.17, 15) is 4.79 Å². The number of benzene rings is 7. The fourth-order valence-electron chi connectivity index (χ4n) is 8.45. The van der Waals surface area contributed by atoms with E-state index >= 15 is 0 Å². The Morgan fingerprint density at radius 3 is 1.98 bits per heavy atom. The summed E-state index contributed by atoms with van der Waals surface area (Å²) in [6, 6.07) is 30.4. The second kappa shape index (κ2) is 13.9. The quantitative estimate of drug-likeness (QED) is 0.124. The van der Waals surface area contributed by atoms with E-state index in [1.165, 1.54) is 0 Å². The van der Waals surface area contributed by atoms with Crippen LogP contribution in [0.15, 0.2) is 187 Å². The van der Waals surface area contributed by atoms with Gasteiger partial charge in [-0.05, 0) is 81.8 Å². The first kappa shape index (κ1) is 27.1. The molecule has 0 atom stereocenters. The Balaban J connectivity index is 1.16. The highest BCUT2D eigenvalue weighted by Gasteiger charge is 2.23. The van der Waals surface area contributed by atoms with Crippen LogP contribution in [0.5, 0.6) is 0 Å². The Morgan fingerprint density at radius 2 is 1.26 bits per heavy atom. The van der Waals surface area contributed by atoms with Gasteiger partial charge in [0.15, 0.2) is 0 Å². The van der Waals surface area contributed by atoms with Crippen molar-refractivity contribution in [2.75, 3.05) is 0 Å². The van der Waals surface area contributed by atoms with E-state index in [2.05, 4.69) is 55.9 Å². The van der Waals surface area contributed by atoms with Gasteiger partial charge >= 0.3 is 5.69 Å². The lowest BCUT2D eigenvalue weighted by atomic mass is 9.88. The fourth-order valence-corrected chi connectivity index (χ4v) is 8.45. The van der Waals surface area contributed by atoms with Gasteiger partial charge in [0.1, 0.15) is 5.82 Å². The summed E-state index contributed by atoms with van der Waals surface area (Å²) in [6.07, 6.45) is 5.27. The third-order valence-electron chi connectivity index (χ3n) is 11.4. The zero-order valence-electron chi connectivity index (χ0n) is 43.6. The van der Waals surface area contributed by atoms with Gasteiger partial charge in [0.05, 0.1) is 58.2 Å². The molecule has 0 bridgehead atoms. The lowest BCUT2D eigenvalue weighted by Crippen LogP contribution is -2.31. The minimum Gasteiger partial charge on any atom is -0.295 e. The molecule has 0 aliphatic rings. The van der Waals surface area contributed by atoms with E-state index < -0.39 is 60.4 Å². The molecule has 0 N–H and O–H groups in total. The van der Waals surface area contributed by atoms with Crippen LogP contribution in [0.3, 0.4) is 0 Å². The molecule has 11 aromatic rings. The number of imidazole rings is 2. The molecule has 0 spiro atoms. The van der Waals surface area contributed by atoms with Crippen molar-refractivity contribution in [3.8, 4) is 45.1 Å². The highest BCUT2D eigenvalue weighted by Crippen LogP contribution is 2.37. The summed E-state index contributed by atoms with van der Waals surface area (Å²) < 4.78 is 96.0. The van der Waals surface area contributed by atoms with Gasteiger partial charge in [0.2, 0.25) is 0 Å². The average Bonchev–Trinajstić information content (AvgIpc) is 3.99. The Kier molecular flexibility index (Phi) is 6.18. The summed E-state index contributed by atoms with van der Waals surface area (Å²) in [5.41, 5.74) is 6.30. The van der Waals surface area contributed by atoms with Crippen LogP contribution >= 0.6 is 0 Å². The van der Waals surface area contributed by atoms with Crippen LogP contribution in [0.25, 0.3) is 89.0 Å². The first-order valence-electron chi connectivity index (χ1n) is 24.8. The molecule has 7 heteroatoms. The molecule has 0 fully saturated rings. The number of aromatic nitrogens is 6. The van der Waals surface area contributed by atoms with Crippen LogP contribution in [0.1, 0.15) is 40.0 Å². The number of nitrogens with zero attached hydrogens (tertiary/aromatic N) is 6. The number of aryl methyl sites for hydroxylation is 1. The molecule has 4 heterocycles. The zero-order valence-corrected chi connectivity index (χ0v) is 33.6. The smallest absolute Gasteiger partial charge is 0.295 e. The van der Waals surface area contributed by atoms with Crippen molar-refractivity contribution < 1.29 is 18.3 Å². The number of hydrogen-bond donors (Lipinski definition) is 0. The fraction of sp³-hybridized carbons (Fsp3) is 0.0926. The van der Waals surface area contributed by atoms with E-state index in [4.69, 9.17) is 18.7 Å². The molecule has 11 rings (SSSR count). The van der Waals surface area contributed by atoms with Gasteiger partial charge < -0.3 is 0 Å². The number of para-hydroxylation sites is 4. The van der Waals surface area contributed by atoms with Crippen molar-refractivity contribution in [1.29, 1.82) is 0 Å². The average molecular weight is 801 g/mol. The highest BCUT2D eigenvalue weighted by molar-refractivity contribution is 6.13. The predicted octanol–water partition coefficient (Wildman–Crippen LogP) is 11.5. The van der Waals surface area contributed by atoms with Gasteiger partial charge in [-0.1, -0.05) is 148 Å². The van der Waals surface area contributed by atoms with Crippen molar-refractivity contribution in [2.45, 2.75) is 26.2 Å². The van der Waals surface area contributed by atoms with Crippen molar-refractivity contribution >= 4 is 43.9 Å². The zero-order chi connectivity index (χ0) is 50.1. The third-order valence-corrected chi connectivity index (χ3v) is 11.4. The maximum atomic E-state index is 14.6. The first-order valence-corrected chi connectivity index (χ1v) is 19.8. The molecule has 61 heavy (non-hydrogen) atoms. The lowest BCUT2D eigenvalue weighted by Gasteiger charge is -2.20. The summed E-state index contributed by atoms with van der Waals surface area (Å²) in [6.45, 7) is 6.49. The molecule has 0 aliphatic heterocycles. The Hall–Kier alpha value is -7.77. The minimum atomic E-state index is -0.581. The molecule has 7 aromatic carbocycles. The number of hydrogen-bond acceptors (Lipinski definition) is 2. The van der Waals surface area contributed by atoms with Gasteiger partial charge in [0.25, 0.3) is 6.33 Å². The van der Waals surface area contributed by atoms with Crippen LogP contribution < -0.4 is 10.3 Å². The van der Waals surface area contributed by atoms with Gasteiger partial charge in [-0.2, -0.15) is 0 Å². The summed E-state index contributed by atoms with van der Waals surface area (Å²) in [5.74, 6) is 0.751. The normalized spacial score (nSPS) is 14.3. The van der Waals surface area contributed by atoms with Crippen LogP contribution in [0.4, 0.5) is 0 Å². The van der Waals surface area contributed by atoms with Crippen LogP contribution in [-0.4, -0.2) is 23.3 Å². The highest BCUT2D eigenvalue weighted by atomic mass is 16.1. The molecule has 0 saturated heterocycles. The standard InChI is InChI=1S/C54H42N6O/c1-54(2,3)38-29-30-55-51(31-38)60-45-26-12-11-23-43(45)44-33-49-50(34-48(44)60)59(53(61)56(49)4)40-22-15-21-39(32-40)57-35-58(47-28-14-13-27-46(47)57)52-41(36-17-7-5-8-18-36)24-16-25-42(52)37-19-9-6-10-20-37/h5-34H,1-4H3/i5D,6D,7D,8D,9D,10D,17D,18D,19D,20D. The van der Waals surface area contributed by atoms with Gasteiger partial charge in [0, 0.05) is 29.7 Å². The van der Waals surface area contributed by atoms with Gasteiger partial charge in [-0.25, -0.2) is 9.78 Å². The third kappa shape index (κ3) is 5.84. The summed E-state index contributed by atoms with van der Waals surface area (Å²) >= 11 is 0. The molecule has 0 radical (unpaired) electrons. The van der Waals surface area contributed by atoms with Crippen molar-refractivity contribution in [2.24, 2.45) is 7.05 Å². The Morgan fingerprint density at radius 1 is 0.607 bits per heavy atom. The van der Waals surface area contributed by atoms with E-state index in [0.29, 0.717) is 33.4 Å². The van der Waals surface area contributed by atoms with E-state index in [1.807, 2.05) is 72.9 Å². The van der Waals surface area contributed by atoms with Crippen LogP contribution in [0, 0.1) is 6.33 Å². The minimum absolute atomic E-state index is 0.128. The summed E-state index contributed by atoms with van der Waals surface area (Å²) in [4.78, 5) is 19.4.